The lowest BCUT2D eigenvalue weighted by atomic mass is 9.88. The maximum atomic E-state index is 15.9. The monoisotopic (exact) mass is 651 g/mol. The van der Waals surface area contributed by atoms with Crippen molar-refractivity contribution in [2.45, 2.75) is 63.6 Å². The summed E-state index contributed by atoms with van der Waals surface area (Å²) in [5, 5.41) is 0. The molecule has 2 atom stereocenters. The first-order valence-corrected chi connectivity index (χ1v) is 11.8. The van der Waals surface area contributed by atoms with Crippen LogP contribution in [-0.4, -0.2) is 24.0 Å². The number of carbonyl (C=O) groups excluding carboxylic acids is 1. The summed E-state index contributed by atoms with van der Waals surface area (Å²) in [6.45, 7) is -13.4. The summed E-state index contributed by atoms with van der Waals surface area (Å²) in [6, 6.07) is -3.60. The van der Waals surface area contributed by atoms with Crippen LogP contribution in [0.15, 0.2) is 48.5 Å². The lowest BCUT2D eigenvalue weighted by Gasteiger charge is -2.25. The van der Waals surface area contributed by atoms with E-state index in [4.69, 9.17) is 28.7 Å². The Morgan fingerprint density at radius 2 is 1.55 bits per heavy atom. The van der Waals surface area contributed by atoms with Gasteiger partial charge in [-0.3, -0.25) is 4.90 Å². The molecule has 0 spiro atoms. The van der Waals surface area contributed by atoms with Gasteiger partial charge < -0.3 is 9.47 Å². The van der Waals surface area contributed by atoms with Crippen LogP contribution in [0.1, 0.15) is 85.1 Å². The second-order valence-electron chi connectivity index (χ2n) is 9.17. The van der Waals surface area contributed by atoms with Gasteiger partial charge in [0.2, 0.25) is 0 Å². The van der Waals surface area contributed by atoms with Crippen LogP contribution < -0.4 is 4.74 Å². The molecule has 1 aliphatic rings. The second kappa shape index (κ2) is 11.5. The minimum atomic E-state index is -5.63. The van der Waals surface area contributed by atoms with Gasteiger partial charge in [0.05, 0.1) is 43.1 Å². The number of alkyl halides is 9. The van der Waals surface area contributed by atoms with E-state index in [0.717, 1.165) is 0 Å². The number of amides is 1. The molecule has 0 radical (unpaired) electrons. The number of nitrogens with zero attached hydrogens (tertiary/aromatic N) is 1. The third-order valence-corrected chi connectivity index (χ3v) is 6.33. The van der Waals surface area contributed by atoms with Crippen LogP contribution in [0.5, 0.6) is 5.75 Å². The first kappa shape index (κ1) is 18.7. The van der Waals surface area contributed by atoms with Gasteiger partial charge in [-0.05, 0) is 71.9 Å². The fraction of sp³-hybridized carbons (Fsp3) is 0.367. The smallest absolute Gasteiger partial charge is 0.416 e. The molecule has 0 aromatic heterocycles. The highest BCUT2D eigenvalue weighted by Gasteiger charge is 2.44. The molecule has 3 aromatic carbocycles. The molecule has 0 N–H and O–H groups in total. The van der Waals surface area contributed by atoms with Gasteiger partial charge in [-0.1, -0.05) is 19.8 Å². The number of ether oxygens (including phenoxy) is 2. The molecule has 1 amide bonds. The van der Waals surface area contributed by atoms with Gasteiger partial charge in [0, 0.05) is 23.5 Å². The Morgan fingerprint density at radius 1 is 0.909 bits per heavy atom. The van der Waals surface area contributed by atoms with E-state index in [1.807, 2.05) is 0 Å². The van der Waals surface area contributed by atoms with Gasteiger partial charge in [-0.25, -0.2) is 9.18 Å². The Bertz CT molecular complexity index is 2030. The molecular weight excluding hydrogens is 612 g/mol. The van der Waals surface area contributed by atoms with Gasteiger partial charge in [-0.2, -0.15) is 39.5 Å². The minimum absolute atomic E-state index is 0.0615. The van der Waals surface area contributed by atoms with Crippen molar-refractivity contribution in [1.29, 1.82) is 0 Å². The number of halogens is 10. The highest BCUT2D eigenvalue weighted by Crippen LogP contribution is 2.45. The van der Waals surface area contributed by atoms with Crippen molar-refractivity contribution in [3.05, 3.63) is 87.7 Å². The minimum Gasteiger partial charge on any atom is -0.496 e. The average molecular weight is 652 g/mol. The fourth-order valence-electron chi connectivity index (χ4n) is 4.36. The van der Waals surface area contributed by atoms with E-state index in [9.17, 15) is 44.3 Å². The molecule has 4 nitrogen and oxygen atoms in total. The van der Waals surface area contributed by atoms with E-state index in [1.54, 1.807) is 0 Å². The molecule has 1 aliphatic heterocycles. The van der Waals surface area contributed by atoms with Crippen LogP contribution in [0.2, 0.25) is 0 Å². The van der Waals surface area contributed by atoms with Crippen molar-refractivity contribution in [3.8, 4) is 16.9 Å². The number of hydrogen-bond donors (Lipinski definition) is 0. The van der Waals surface area contributed by atoms with Crippen LogP contribution in [0.3, 0.4) is 0 Å². The molecule has 1 heterocycles. The summed E-state index contributed by atoms with van der Waals surface area (Å²) in [5.74, 6) is -5.76. The SMILES string of the molecule is [2H]C([2H])([2H])Oc1ccc(F)c(C(C([2H])([2H])[2H])C([2H])([2H])[2H])c1-c1ccc(C(F)(F)F)cc1CN1C(=O)O[C@]([2H])(c2cc(C(F)(F)F)cc(C(F)(F)F)c2)[C@]1([2H])C([2H])([2H])[2H]. The number of cyclic esters (lactones) is 1. The number of rotatable bonds is 6. The molecule has 1 fully saturated rings. The number of benzene rings is 3. The molecule has 238 valence electrons. The molecule has 44 heavy (non-hydrogen) atoms. The topological polar surface area (TPSA) is 38.8 Å². The molecule has 0 aliphatic carbocycles. The van der Waals surface area contributed by atoms with Gasteiger partial charge in [0.25, 0.3) is 0 Å². The van der Waals surface area contributed by atoms with Crippen molar-refractivity contribution in [2.75, 3.05) is 7.04 Å². The fourth-order valence-corrected chi connectivity index (χ4v) is 4.36. The van der Waals surface area contributed by atoms with E-state index < -0.39 is 139 Å². The Balaban J connectivity index is 2.15. The summed E-state index contributed by atoms with van der Waals surface area (Å²) < 4.78 is 263. The lowest BCUT2D eigenvalue weighted by Crippen LogP contribution is -2.32. The maximum Gasteiger partial charge on any atom is 0.416 e. The van der Waals surface area contributed by atoms with Crippen molar-refractivity contribution in [1.82, 2.24) is 4.90 Å². The van der Waals surface area contributed by atoms with Crippen molar-refractivity contribution in [2.24, 2.45) is 0 Å². The standard InChI is InChI=1S/C30H25F10NO3/c1-14(2)24-22(31)7-8-23(43-4)25(24)21-6-5-18(28(32,33)34)11-17(21)13-41-15(3)26(44-27(41)42)16-9-19(29(35,36)37)12-20(10-16)30(38,39)40/h5-12,14-15,26H,13H2,1-4H3/t15-,26-/m0/s1/i1D3,2D3,3D3,4D3,15D,26D. The number of carbonyl (C=O) groups is 1. The summed E-state index contributed by atoms with van der Waals surface area (Å²) in [7, 11) is -3.55. The highest BCUT2D eigenvalue weighted by molar-refractivity contribution is 5.79. The quantitative estimate of drug-likeness (QED) is 0.249. The Hall–Kier alpha value is -3.97. The largest absolute Gasteiger partial charge is 0.496 e. The van der Waals surface area contributed by atoms with E-state index in [2.05, 4.69) is 0 Å². The van der Waals surface area contributed by atoms with E-state index in [0.29, 0.717) is 18.2 Å². The molecule has 0 saturated carbocycles. The van der Waals surface area contributed by atoms with Gasteiger partial charge >= 0.3 is 24.6 Å². The predicted octanol–water partition coefficient (Wildman–Crippen LogP) is 9.76. The van der Waals surface area contributed by atoms with Crippen LogP contribution in [-0.2, 0) is 29.8 Å². The average Bonchev–Trinajstić information content (AvgIpc) is 3.21. The Morgan fingerprint density at radius 3 is 2.09 bits per heavy atom. The summed E-state index contributed by atoms with van der Waals surface area (Å²) in [4.78, 5) is 13.1. The maximum absolute atomic E-state index is 15.9. The first-order valence-electron chi connectivity index (χ1n) is 18.8. The molecule has 0 unspecified atom stereocenters. The molecule has 0 bridgehead atoms. The van der Waals surface area contributed by atoms with Gasteiger partial charge in [0.15, 0.2) is 0 Å². The van der Waals surface area contributed by atoms with Crippen LogP contribution >= 0.6 is 0 Å². The Labute approximate surface area is 264 Å². The van der Waals surface area contributed by atoms with Gasteiger partial charge in [0.1, 0.15) is 17.6 Å². The third kappa shape index (κ3) is 6.43. The second-order valence-corrected chi connectivity index (χ2v) is 9.17. The van der Waals surface area contributed by atoms with E-state index in [-0.39, 0.29) is 29.2 Å². The van der Waals surface area contributed by atoms with Crippen LogP contribution in [0, 0.1) is 5.82 Å². The predicted molar refractivity (Wildman–Crippen MR) is 138 cm³/mol. The van der Waals surface area contributed by atoms with Gasteiger partial charge in [-0.15, -0.1) is 0 Å². The molecule has 4 rings (SSSR count). The summed E-state index contributed by atoms with van der Waals surface area (Å²) in [5.41, 5.74) is -12.5. The number of methoxy groups -OCH3 is 1. The van der Waals surface area contributed by atoms with E-state index in [1.165, 1.54) is 0 Å². The number of hydrogen-bond acceptors (Lipinski definition) is 3. The third-order valence-electron chi connectivity index (χ3n) is 6.33. The molecule has 3 aromatic rings. The molecule has 14 heteroatoms. The summed E-state index contributed by atoms with van der Waals surface area (Å²) >= 11 is 0. The first-order chi connectivity index (χ1) is 25.7. The van der Waals surface area contributed by atoms with Crippen molar-refractivity contribution < 1.29 is 77.4 Å². The van der Waals surface area contributed by atoms with Crippen molar-refractivity contribution >= 4 is 6.09 Å². The highest BCUT2D eigenvalue weighted by atomic mass is 19.4. The zero-order valence-corrected chi connectivity index (χ0v) is 21.4. The molecular formula is C30H25F10NO3. The van der Waals surface area contributed by atoms with Crippen LogP contribution in [0.4, 0.5) is 48.7 Å². The normalized spacial score (nSPS) is 27.0. The molecule has 1 saturated heterocycles. The zero-order valence-electron chi connectivity index (χ0n) is 35.4. The zero-order chi connectivity index (χ0) is 44.8. The lowest BCUT2D eigenvalue weighted by molar-refractivity contribution is -0.143. The van der Waals surface area contributed by atoms with E-state index >= 15 is 4.39 Å². The summed E-state index contributed by atoms with van der Waals surface area (Å²) in [6.07, 6.45) is -23.0. The van der Waals surface area contributed by atoms with Crippen molar-refractivity contribution in [3.63, 3.8) is 0 Å². The van der Waals surface area contributed by atoms with Crippen LogP contribution in [0.25, 0.3) is 11.1 Å². The Kier molecular flexibility index (Phi) is 4.90.